The van der Waals surface area contributed by atoms with Gasteiger partial charge in [0.1, 0.15) is 5.75 Å². The molecule has 1 saturated heterocycles. The molecule has 0 spiro atoms. The van der Waals surface area contributed by atoms with Crippen molar-refractivity contribution < 1.29 is 9.47 Å². The van der Waals surface area contributed by atoms with Crippen LogP contribution in [-0.4, -0.2) is 71.0 Å². The van der Waals surface area contributed by atoms with Gasteiger partial charge in [-0.05, 0) is 37.3 Å². The van der Waals surface area contributed by atoms with E-state index in [0.717, 1.165) is 70.0 Å². The van der Waals surface area contributed by atoms with Gasteiger partial charge in [0.05, 0.1) is 7.11 Å². The number of ether oxygens (including phenoxy) is 2. The molecule has 1 aliphatic heterocycles. The molecule has 0 bridgehead atoms. The fourth-order valence-corrected chi connectivity index (χ4v) is 3.22. The van der Waals surface area contributed by atoms with Crippen LogP contribution in [0, 0.1) is 5.92 Å². The summed E-state index contributed by atoms with van der Waals surface area (Å²) in [5, 5.41) is 3.47. The van der Waals surface area contributed by atoms with Gasteiger partial charge in [0.2, 0.25) is 0 Å². The number of hydrogen-bond acceptors (Lipinski definition) is 4. The van der Waals surface area contributed by atoms with Crippen molar-refractivity contribution in [1.82, 2.24) is 10.2 Å². The first-order chi connectivity index (χ1) is 12.8. The minimum absolute atomic E-state index is 0.837. The maximum Gasteiger partial charge on any atom is 0.193 e. The van der Waals surface area contributed by atoms with Crippen molar-refractivity contribution in [1.29, 1.82) is 0 Å². The van der Waals surface area contributed by atoms with Gasteiger partial charge in [0.25, 0.3) is 0 Å². The van der Waals surface area contributed by atoms with Crippen LogP contribution in [0.1, 0.15) is 19.3 Å². The smallest absolute Gasteiger partial charge is 0.193 e. The van der Waals surface area contributed by atoms with E-state index in [1.807, 2.05) is 19.2 Å². The largest absolute Gasteiger partial charge is 0.497 e. The van der Waals surface area contributed by atoms with Crippen LogP contribution in [0.2, 0.25) is 0 Å². The lowest BCUT2D eigenvalue weighted by Gasteiger charge is -2.37. The Morgan fingerprint density at radius 2 is 2.04 bits per heavy atom. The molecule has 26 heavy (non-hydrogen) atoms. The Labute approximate surface area is 157 Å². The lowest BCUT2D eigenvalue weighted by molar-refractivity contribution is 0.122. The topological polar surface area (TPSA) is 49.3 Å². The molecule has 1 aromatic rings. The third-order valence-corrected chi connectivity index (χ3v) is 5.01. The van der Waals surface area contributed by atoms with Crippen molar-refractivity contribution in [2.24, 2.45) is 10.9 Å². The Kier molecular flexibility index (Phi) is 7.00. The molecule has 1 aliphatic carbocycles. The Balaban J connectivity index is 1.37. The summed E-state index contributed by atoms with van der Waals surface area (Å²) in [5.74, 6) is 2.75. The minimum Gasteiger partial charge on any atom is -0.497 e. The molecule has 1 N–H and O–H groups in total. The van der Waals surface area contributed by atoms with Gasteiger partial charge in [0.15, 0.2) is 5.96 Å². The highest BCUT2D eigenvalue weighted by Crippen LogP contribution is 2.28. The minimum atomic E-state index is 0.837. The van der Waals surface area contributed by atoms with E-state index >= 15 is 0 Å². The van der Waals surface area contributed by atoms with E-state index in [1.165, 1.54) is 18.5 Å². The number of anilines is 1. The molecule has 2 fully saturated rings. The zero-order chi connectivity index (χ0) is 18.2. The van der Waals surface area contributed by atoms with Crippen LogP contribution in [0.5, 0.6) is 5.75 Å². The molecule has 0 amide bonds. The summed E-state index contributed by atoms with van der Waals surface area (Å²) in [5.41, 5.74) is 1.22. The normalized spacial score (nSPS) is 18.2. The second kappa shape index (κ2) is 9.67. The summed E-state index contributed by atoms with van der Waals surface area (Å²) in [6.45, 7) is 6.60. The monoisotopic (exact) mass is 360 g/mol. The van der Waals surface area contributed by atoms with Gasteiger partial charge >= 0.3 is 0 Å². The molecule has 6 nitrogen and oxygen atoms in total. The summed E-state index contributed by atoms with van der Waals surface area (Å²) >= 11 is 0. The number of methoxy groups -OCH3 is 1. The zero-order valence-electron chi connectivity index (χ0n) is 16.1. The number of guanidine groups is 1. The summed E-state index contributed by atoms with van der Waals surface area (Å²) in [4.78, 5) is 9.18. The molecule has 144 valence electrons. The molecule has 6 heteroatoms. The molecule has 3 rings (SSSR count). The van der Waals surface area contributed by atoms with Crippen molar-refractivity contribution >= 4 is 11.6 Å². The lowest BCUT2D eigenvalue weighted by Crippen LogP contribution is -2.52. The van der Waals surface area contributed by atoms with Gasteiger partial charge in [0, 0.05) is 64.7 Å². The molecule has 0 unspecified atom stereocenters. The third kappa shape index (κ3) is 5.53. The van der Waals surface area contributed by atoms with Gasteiger partial charge < -0.3 is 24.6 Å². The van der Waals surface area contributed by atoms with E-state index in [4.69, 9.17) is 9.47 Å². The maximum atomic E-state index is 5.69. The van der Waals surface area contributed by atoms with E-state index < -0.39 is 0 Å². The first-order valence-corrected chi connectivity index (χ1v) is 9.72. The highest BCUT2D eigenvalue weighted by Gasteiger charge is 2.21. The second-order valence-electron chi connectivity index (χ2n) is 7.02. The van der Waals surface area contributed by atoms with Crippen LogP contribution >= 0.6 is 0 Å². The van der Waals surface area contributed by atoms with Crippen LogP contribution < -0.4 is 15.0 Å². The molecule has 1 aromatic carbocycles. The van der Waals surface area contributed by atoms with Gasteiger partial charge in [-0.2, -0.15) is 0 Å². The fourth-order valence-electron chi connectivity index (χ4n) is 3.22. The quantitative estimate of drug-likeness (QED) is 0.438. The predicted octanol–water partition coefficient (Wildman–Crippen LogP) is 2.21. The van der Waals surface area contributed by atoms with Crippen molar-refractivity contribution in [3.63, 3.8) is 0 Å². The summed E-state index contributed by atoms with van der Waals surface area (Å²) in [6.07, 6.45) is 3.73. The van der Waals surface area contributed by atoms with Crippen molar-refractivity contribution in [2.45, 2.75) is 19.3 Å². The van der Waals surface area contributed by atoms with E-state index in [0.29, 0.717) is 0 Å². The number of nitrogens with zero attached hydrogens (tertiary/aromatic N) is 3. The van der Waals surface area contributed by atoms with E-state index in [2.05, 4.69) is 32.2 Å². The van der Waals surface area contributed by atoms with Gasteiger partial charge in [-0.1, -0.05) is 6.07 Å². The number of rotatable bonds is 8. The van der Waals surface area contributed by atoms with E-state index in [-0.39, 0.29) is 0 Å². The number of nitrogens with one attached hydrogen (secondary N) is 1. The Bertz CT molecular complexity index is 581. The standard InChI is InChI=1S/C20H32N4O2/c1-21-20(22-9-4-14-26-16-17-7-8-17)24-12-10-23(11-13-24)18-5-3-6-19(15-18)25-2/h3,5-6,15,17H,4,7-14,16H2,1-2H3,(H,21,22). The highest BCUT2D eigenvalue weighted by atomic mass is 16.5. The van der Waals surface area contributed by atoms with Crippen LogP contribution in [-0.2, 0) is 4.74 Å². The van der Waals surface area contributed by atoms with Crippen LogP contribution in [0.3, 0.4) is 0 Å². The number of aliphatic imine (C=N–C) groups is 1. The average Bonchev–Trinajstić information content (AvgIpc) is 3.52. The lowest BCUT2D eigenvalue weighted by atomic mass is 10.2. The first kappa shape index (κ1) is 18.8. The first-order valence-electron chi connectivity index (χ1n) is 9.72. The van der Waals surface area contributed by atoms with E-state index in [1.54, 1.807) is 7.11 Å². The molecule has 0 aromatic heterocycles. The van der Waals surface area contributed by atoms with Gasteiger partial charge in [-0.3, -0.25) is 4.99 Å². The Hall–Kier alpha value is -1.95. The highest BCUT2D eigenvalue weighted by molar-refractivity contribution is 5.80. The van der Waals surface area contributed by atoms with Gasteiger partial charge in [-0.15, -0.1) is 0 Å². The van der Waals surface area contributed by atoms with Gasteiger partial charge in [-0.25, -0.2) is 0 Å². The average molecular weight is 361 g/mol. The van der Waals surface area contributed by atoms with Crippen LogP contribution in [0.4, 0.5) is 5.69 Å². The number of benzene rings is 1. The van der Waals surface area contributed by atoms with Crippen molar-refractivity contribution in [3.8, 4) is 5.75 Å². The van der Waals surface area contributed by atoms with Crippen molar-refractivity contribution in [2.75, 3.05) is 65.0 Å². The van der Waals surface area contributed by atoms with Crippen LogP contribution in [0.15, 0.2) is 29.3 Å². The van der Waals surface area contributed by atoms with Crippen molar-refractivity contribution in [3.05, 3.63) is 24.3 Å². The molecule has 0 atom stereocenters. The van der Waals surface area contributed by atoms with Crippen LogP contribution in [0.25, 0.3) is 0 Å². The fraction of sp³-hybridized carbons (Fsp3) is 0.650. The zero-order valence-corrected chi connectivity index (χ0v) is 16.1. The Morgan fingerprint density at radius 1 is 1.23 bits per heavy atom. The second-order valence-corrected chi connectivity index (χ2v) is 7.02. The molecule has 2 aliphatic rings. The molecular formula is C20H32N4O2. The maximum absolute atomic E-state index is 5.69. The third-order valence-electron chi connectivity index (χ3n) is 5.01. The number of piperazine rings is 1. The van der Waals surface area contributed by atoms with E-state index in [9.17, 15) is 0 Å². The molecular weight excluding hydrogens is 328 g/mol. The predicted molar refractivity (Wildman–Crippen MR) is 106 cm³/mol. The summed E-state index contributed by atoms with van der Waals surface area (Å²) in [7, 11) is 3.57. The number of hydrogen-bond donors (Lipinski definition) is 1. The SMILES string of the molecule is CN=C(NCCCOCC1CC1)N1CCN(c2cccc(OC)c2)CC1. The summed E-state index contributed by atoms with van der Waals surface area (Å²) in [6, 6.07) is 8.28. The molecule has 0 radical (unpaired) electrons. The molecule has 1 saturated carbocycles. The summed E-state index contributed by atoms with van der Waals surface area (Å²) < 4.78 is 11.0. The molecule has 1 heterocycles. The Morgan fingerprint density at radius 3 is 2.73 bits per heavy atom.